The molecule has 0 radical (unpaired) electrons. The van der Waals surface area contributed by atoms with E-state index in [0.717, 1.165) is 25.9 Å². The van der Waals surface area contributed by atoms with Crippen molar-refractivity contribution in [3.8, 4) is 5.69 Å². The molecule has 0 saturated carbocycles. The first-order valence-electron chi connectivity index (χ1n) is 8.53. The van der Waals surface area contributed by atoms with Gasteiger partial charge in [-0.3, -0.25) is 4.79 Å². The van der Waals surface area contributed by atoms with Gasteiger partial charge in [0.25, 0.3) is 0 Å². The van der Waals surface area contributed by atoms with E-state index in [2.05, 4.69) is 15.7 Å². The van der Waals surface area contributed by atoms with Crippen molar-refractivity contribution < 1.29 is 14.3 Å². The number of carbonyl (C=O) groups is 2. The number of aromatic nitrogens is 2. The fraction of sp³-hybridized carbons (Fsp3) is 0.389. The molecule has 1 aromatic heterocycles. The van der Waals surface area contributed by atoms with E-state index in [1.165, 1.54) is 0 Å². The van der Waals surface area contributed by atoms with Crippen LogP contribution < -0.4 is 10.6 Å². The highest BCUT2D eigenvalue weighted by atomic mass is 35.5. The van der Waals surface area contributed by atoms with Gasteiger partial charge in [-0.1, -0.05) is 12.1 Å². The second kappa shape index (κ2) is 9.35. The number of ether oxygens (including phenoxy) is 1. The van der Waals surface area contributed by atoms with Crippen LogP contribution in [0, 0.1) is 5.92 Å². The van der Waals surface area contributed by atoms with E-state index in [4.69, 9.17) is 4.74 Å². The standard InChI is InChI=1S/C18H22N4O3.ClH/c1-2-25-18(24)15-9-12-22(21-15)16-6-4-3-5-14(16)20-17(23)13-7-10-19-11-8-13;/h3-6,9,12-13,19H,2,7-8,10-11H2,1H3,(H,20,23);1H. The maximum Gasteiger partial charge on any atom is 0.358 e. The van der Waals surface area contributed by atoms with Crippen LogP contribution in [0.3, 0.4) is 0 Å². The molecule has 2 heterocycles. The zero-order valence-electron chi connectivity index (χ0n) is 14.6. The summed E-state index contributed by atoms with van der Waals surface area (Å²) in [5.74, 6) is -0.425. The maximum atomic E-state index is 12.5. The quantitative estimate of drug-likeness (QED) is 0.780. The van der Waals surface area contributed by atoms with Crippen molar-refractivity contribution in [2.24, 2.45) is 5.92 Å². The van der Waals surface area contributed by atoms with Crippen LogP contribution in [0.1, 0.15) is 30.3 Å². The van der Waals surface area contributed by atoms with Gasteiger partial charge in [-0.25, -0.2) is 9.48 Å². The normalized spacial score (nSPS) is 14.3. The summed E-state index contributed by atoms with van der Waals surface area (Å²) in [6.07, 6.45) is 3.35. The highest BCUT2D eigenvalue weighted by Gasteiger charge is 2.22. The lowest BCUT2D eigenvalue weighted by molar-refractivity contribution is -0.120. The summed E-state index contributed by atoms with van der Waals surface area (Å²) in [6.45, 7) is 3.78. The molecule has 1 aliphatic heterocycles. The Morgan fingerprint density at radius 1 is 1.27 bits per heavy atom. The number of piperidine rings is 1. The number of benzene rings is 1. The Kier molecular flexibility index (Phi) is 7.17. The minimum absolute atomic E-state index is 0. The molecule has 2 aromatic rings. The number of amides is 1. The fourth-order valence-corrected chi connectivity index (χ4v) is 2.87. The minimum Gasteiger partial charge on any atom is -0.461 e. The highest BCUT2D eigenvalue weighted by Crippen LogP contribution is 2.22. The van der Waals surface area contributed by atoms with E-state index < -0.39 is 5.97 Å². The second-order valence-electron chi connectivity index (χ2n) is 5.90. The molecular weight excluding hydrogens is 356 g/mol. The zero-order chi connectivity index (χ0) is 17.6. The van der Waals surface area contributed by atoms with Crippen LogP contribution in [0.25, 0.3) is 5.69 Å². The van der Waals surface area contributed by atoms with E-state index in [0.29, 0.717) is 18.0 Å². The second-order valence-corrected chi connectivity index (χ2v) is 5.90. The molecule has 8 heteroatoms. The van der Waals surface area contributed by atoms with Crippen molar-refractivity contribution in [2.45, 2.75) is 19.8 Å². The predicted molar refractivity (Wildman–Crippen MR) is 101 cm³/mol. The molecule has 1 aliphatic rings. The number of nitrogens with one attached hydrogen (secondary N) is 2. The molecule has 0 bridgehead atoms. The van der Waals surface area contributed by atoms with Gasteiger partial charge in [0.15, 0.2) is 5.69 Å². The lowest BCUT2D eigenvalue weighted by Crippen LogP contribution is -2.34. The highest BCUT2D eigenvalue weighted by molar-refractivity contribution is 5.94. The van der Waals surface area contributed by atoms with Crippen molar-refractivity contribution in [2.75, 3.05) is 25.0 Å². The molecule has 3 rings (SSSR count). The Bertz CT molecular complexity index is 756. The Balaban J connectivity index is 0.00000243. The summed E-state index contributed by atoms with van der Waals surface area (Å²) in [6, 6.07) is 9.00. The molecule has 1 amide bonds. The molecule has 26 heavy (non-hydrogen) atoms. The van der Waals surface area contributed by atoms with Gasteiger partial charge in [-0.15, -0.1) is 12.4 Å². The lowest BCUT2D eigenvalue weighted by atomic mass is 9.97. The molecule has 0 atom stereocenters. The number of halogens is 1. The molecule has 7 nitrogen and oxygen atoms in total. The van der Waals surface area contributed by atoms with Gasteiger partial charge in [0, 0.05) is 12.1 Å². The van der Waals surface area contributed by atoms with Gasteiger partial charge in [-0.2, -0.15) is 5.10 Å². The van der Waals surface area contributed by atoms with Crippen molar-refractivity contribution in [3.63, 3.8) is 0 Å². The monoisotopic (exact) mass is 378 g/mol. The third kappa shape index (κ3) is 4.62. The Hall–Kier alpha value is -2.38. The summed E-state index contributed by atoms with van der Waals surface area (Å²) >= 11 is 0. The summed E-state index contributed by atoms with van der Waals surface area (Å²) < 4.78 is 6.53. The molecule has 0 unspecified atom stereocenters. The van der Waals surface area contributed by atoms with E-state index >= 15 is 0 Å². The van der Waals surface area contributed by atoms with Crippen LogP contribution in [0.5, 0.6) is 0 Å². The van der Waals surface area contributed by atoms with Crippen LogP contribution in [-0.2, 0) is 9.53 Å². The molecule has 1 fully saturated rings. The van der Waals surface area contributed by atoms with E-state index in [9.17, 15) is 9.59 Å². The van der Waals surface area contributed by atoms with Gasteiger partial charge in [0.1, 0.15) is 0 Å². The Labute approximate surface area is 158 Å². The van der Waals surface area contributed by atoms with Gasteiger partial charge < -0.3 is 15.4 Å². The van der Waals surface area contributed by atoms with Gasteiger partial charge in [-0.05, 0) is 51.1 Å². The number of carbonyl (C=O) groups excluding carboxylic acids is 2. The third-order valence-corrected chi connectivity index (χ3v) is 4.19. The van der Waals surface area contributed by atoms with E-state index in [1.54, 1.807) is 23.9 Å². The SMILES string of the molecule is CCOC(=O)c1ccn(-c2ccccc2NC(=O)C2CCNCC2)n1.Cl. The van der Waals surface area contributed by atoms with Crippen LogP contribution in [-0.4, -0.2) is 41.4 Å². The molecule has 0 spiro atoms. The average molecular weight is 379 g/mol. The Morgan fingerprint density at radius 2 is 2.00 bits per heavy atom. The number of esters is 1. The number of para-hydroxylation sites is 2. The molecule has 1 aromatic carbocycles. The van der Waals surface area contributed by atoms with Gasteiger partial charge in [0.2, 0.25) is 5.91 Å². The average Bonchev–Trinajstić information content (AvgIpc) is 3.13. The minimum atomic E-state index is -0.461. The summed E-state index contributed by atoms with van der Waals surface area (Å²) in [5, 5.41) is 10.5. The Morgan fingerprint density at radius 3 is 2.73 bits per heavy atom. The molecule has 2 N–H and O–H groups in total. The molecule has 0 aliphatic carbocycles. The zero-order valence-corrected chi connectivity index (χ0v) is 15.4. The third-order valence-electron chi connectivity index (χ3n) is 4.19. The van der Waals surface area contributed by atoms with Crippen LogP contribution in [0.15, 0.2) is 36.5 Å². The largest absolute Gasteiger partial charge is 0.461 e. The van der Waals surface area contributed by atoms with Crippen LogP contribution in [0.4, 0.5) is 5.69 Å². The first-order valence-corrected chi connectivity index (χ1v) is 8.53. The van der Waals surface area contributed by atoms with Crippen LogP contribution in [0.2, 0.25) is 0 Å². The molecule has 140 valence electrons. The van der Waals surface area contributed by atoms with Crippen molar-refractivity contribution in [1.29, 1.82) is 0 Å². The van der Waals surface area contributed by atoms with Gasteiger partial charge in [0.05, 0.1) is 18.0 Å². The van der Waals surface area contributed by atoms with Crippen molar-refractivity contribution >= 4 is 30.0 Å². The topological polar surface area (TPSA) is 85.2 Å². The summed E-state index contributed by atoms with van der Waals surface area (Å²) in [4.78, 5) is 24.3. The number of nitrogens with zero attached hydrogens (tertiary/aromatic N) is 2. The predicted octanol–water partition coefficient (Wildman–Crippen LogP) is 2.41. The van der Waals surface area contributed by atoms with Crippen molar-refractivity contribution in [3.05, 3.63) is 42.2 Å². The first kappa shape index (κ1) is 19.9. The molecular formula is C18H23ClN4O3. The molecule has 1 saturated heterocycles. The first-order chi connectivity index (χ1) is 12.2. The number of hydrogen-bond acceptors (Lipinski definition) is 5. The maximum absolute atomic E-state index is 12.5. The lowest BCUT2D eigenvalue weighted by Gasteiger charge is -2.22. The van der Waals surface area contributed by atoms with E-state index in [-0.39, 0.29) is 29.9 Å². The summed E-state index contributed by atoms with van der Waals surface area (Å²) in [7, 11) is 0. The van der Waals surface area contributed by atoms with Crippen LogP contribution >= 0.6 is 12.4 Å². The number of hydrogen-bond donors (Lipinski definition) is 2. The van der Waals surface area contributed by atoms with Gasteiger partial charge >= 0.3 is 5.97 Å². The smallest absolute Gasteiger partial charge is 0.358 e. The number of rotatable bonds is 5. The fourth-order valence-electron chi connectivity index (χ4n) is 2.87. The summed E-state index contributed by atoms with van der Waals surface area (Å²) in [5.41, 5.74) is 1.62. The van der Waals surface area contributed by atoms with Crippen molar-refractivity contribution in [1.82, 2.24) is 15.1 Å². The number of anilines is 1. The van der Waals surface area contributed by atoms with E-state index in [1.807, 2.05) is 24.3 Å².